The van der Waals surface area contributed by atoms with E-state index in [0.29, 0.717) is 12.1 Å². The van der Waals surface area contributed by atoms with Crippen molar-refractivity contribution in [2.75, 3.05) is 13.1 Å². The number of nitrogens with one attached hydrogen (secondary N) is 1. The summed E-state index contributed by atoms with van der Waals surface area (Å²) in [6.07, 6.45) is 4.42. The number of hydrogen-bond donors (Lipinski definition) is 2. The summed E-state index contributed by atoms with van der Waals surface area (Å²) in [7, 11) is 0. The molecule has 0 radical (unpaired) electrons. The third-order valence-corrected chi connectivity index (χ3v) is 5.06. The van der Waals surface area contributed by atoms with Crippen LogP contribution in [0.5, 0.6) is 0 Å². The molecule has 1 aromatic rings. The molecule has 0 bridgehead atoms. The number of hydrogen-bond acceptors (Lipinski definition) is 3. The van der Waals surface area contributed by atoms with Gasteiger partial charge in [0.25, 0.3) is 5.91 Å². The summed E-state index contributed by atoms with van der Waals surface area (Å²) >= 11 is 0. The third-order valence-electron chi connectivity index (χ3n) is 5.06. The largest absolute Gasteiger partial charge is 0.369 e. The Kier molecular flexibility index (Phi) is 4.55. The van der Waals surface area contributed by atoms with Crippen LogP contribution in [0.2, 0.25) is 0 Å². The normalized spacial score (nSPS) is 22.8. The lowest BCUT2D eigenvalue weighted by atomic mass is 9.90. The monoisotopic (exact) mass is 329 g/mol. The van der Waals surface area contributed by atoms with E-state index in [4.69, 9.17) is 5.73 Å². The van der Waals surface area contributed by atoms with Crippen molar-refractivity contribution in [3.05, 3.63) is 34.9 Å². The molecule has 1 aliphatic heterocycles. The average molecular weight is 329 g/mol. The Morgan fingerprint density at radius 1 is 1.12 bits per heavy atom. The molecule has 1 saturated heterocycles. The fraction of sp³-hybridized carbons (Fsp3) is 0.500. The minimum absolute atomic E-state index is 0.119. The Hall–Kier alpha value is -2.37. The first kappa shape index (κ1) is 16.5. The van der Waals surface area contributed by atoms with E-state index in [9.17, 15) is 14.4 Å². The van der Waals surface area contributed by atoms with Crippen LogP contribution in [0.25, 0.3) is 0 Å². The zero-order chi connectivity index (χ0) is 17.3. The van der Waals surface area contributed by atoms with Crippen molar-refractivity contribution in [3.8, 4) is 0 Å². The number of benzene rings is 1. The number of rotatable bonds is 3. The molecule has 3 rings (SSSR count). The number of aryl methyl sites for hydroxylation is 2. The Bertz CT molecular complexity index is 686. The van der Waals surface area contributed by atoms with Gasteiger partial charge >= 0.3 is 0 Å². The minimum Gasteiger partial charge on any atom is -0.369 e. The van der Waals surface area contributed by atoms with E-state index in [0.717, 1.165) is 19.3 Å². The molecule has 128 valence electrons. The van der Waals surface area contributed by atoms with Crippen molar-refractivity contribution < 1.29 is 14.4 Å². The van der Waals surface area contributed by atoms with Gasteiger partial charge in [0.15, 0.2) is 0 Å². The maximum Gasteiger partial charge on any atom is 0.251 e. The van der Waals surface area contributed by atoms with E-state index < -0.39 is 17.9 Å². The van der Waals surface area contributed by atoms with Gasteiger partial charge in [-0.15, -0.1) is 0 Å². The fourth-order valence-electron chi connectivity index (χ4n) is 3.62. The lowest BCUT2D eigenvalue weighted by molar-refractivity contribution is -0.128. The standard InChI is InChI=1S/C18H23N3O3/c1-11(22)21-9-15(17(19)23)16(10-21)20-18(24)14-7-6-12-4-2-3-5-13(12)8-14/h6-8,15-16H,2-5,9-10H2,1H3,(H2,19,23)(H,20,24)/t15-,16+/m1/s1. The van der Waals surface area contributed by atoms with Crippen molar-refractivity contribution >= 4 is 17.7 Å². The first-order chi connectivity index (χ1) is 11.5. The lowest BCUT2D eigenvalue weighted by Crippen LogP contribution is -2.44. The van der Waals surface area contributed by atoms with E-state index in [1.165, 1.54) is 24.5 Å². The zero-order valence-electron chi connectivity index (χ0n) is 13.9. The summed E-state index contributed by atoms with van der Waals surface area (Å²) in [4.78, 5) is 37.3. The number of fused-ring (bicyclic) bond motifs is 1. The summed E-state index contributed by atoms with van der Waals surface area (Å²) in [5, 5.41) is 2.88. The Balaban J connectivity index is 1.73. The molecule has 2 atom stereocenters. The first-order valence-electron chi connectivity index (χ1n) is 8.43. The van der Waals surface area contributed by atoms with Gasteiger partial charge in [-0.25, -0.2) is 0 Å². The number of amides is 3. The molecule has 0 spiro atoms. The van der Waals surface area contributed by atoms with Crippen LogP contribution in [0, 0.1) is 5.92 Å². The van der Waals surface area contributed by atoms with Crippen LogP contribution in [0.3, 0.4) is 0 Å². The van der Waals surface area contributed by atoms with Gasteiger partial charge in [-0.05, 0) is 48.9 Å². The maximum atomic E-state index is 12.6. The van der Waals surface area contributed by atoms with E-state index in [1.54, 1.807) is 4.90 Å². The van der Waals surface area contributed by atoms with Crippen molar-refractivity contribution in [2.45, 2.75) is 38.6 Å². The molecule has 0 unspecified atom stereocenters. The van der Waals surface area contributed by atoms with Crippen LogP contribution in [0.4, 0.5) is 0 Å². The molecule has 6 heteroatoms. The van der Waals surface area contributed by atoms with Crippen LogP contribution in [-0.2, 0) is 22.4 Å². The van der Waals surface area contributed by atoms with E-state index >= 15 is 0 Å². The number of nitrogens with zero attached hydrogens (tertiary/aromatic N) is 1. The molecule has 0 saturated carbocycles. The Labute approximate surface area is 141 Å². The van der Waals surface area contributed by atoms with Crippen molar-refractivity contribution in [2.24, 2.45) is 11.7 Å². The number of carbonyl (C=O) groups is 3. The van der Waals surface area contributed by atoms with Crippen molar-refractivity contribution in [1.29, 1.82) is 0 Å². The quantitative estimate of drug-likeness (QED) is 0.852. The molecule has 1 aromatic carbocycles. The van der Waals surface area contributed by atoms with E-state index in [1.807, 2.05) is 18.2 Å². The Morgan fingerprint density at radius 2 is 1.83 bits per heavy atom. The second kappa shape index (κ2) is 6.63. The lowest BCUT2D eigenvalue weighted by Gasteiger charge is -2.19. The van der Waals surface area contributed by atoms with Gasteiger partial charge in [-0.1, -0.05) is 6.07 Å². The summed E-state index contributed by atoms with van der Waals surface area (Å²) in [6, 6.07) is 5.36. The second-order valence-electron chi connectivity index (χ2n) is 6.70. The predicted molar refractivity (Wildman–Crippen MR) is 89.3 cm³/mol. The predicted octanol–water partition coefficient (Wildman–Crippen LogP) is 0.627. The van der Waals surface area contributed by atoms with Crippen molar-refractivity contribution in [3.63, 3.8) is 0 Å². The zero-order valence-corrected chi connectivity index (χ0v) is 13.9. The fourth-order valence-corrected chi connectivity index (χ4v) is 3.62. The van der Waals surface area contributed by atoms with Gasteiger partial charge in [0.05, 0.1) is 12.0 Å². The highest BCUT2D eigenvalue weighted by molar-refractivity contribution is 5.95. The van der Waals surface area contributed by atoms with E-state index in [2.05, 4.69) is 5.32 Å². The molecular weight excluding hydrogens is 306 g/mol. The molecule has 3 N–H and O–H groups in total. The number of nitrogens with two attached hydrogens (primary N) is 1. The first-order valence-corrected chi connectivity index (χ1v) is 8.43. The number of carbonyl (C=O) groups excluding carboxylic acids is 3. The summed E-state index contributed by atoms with van der Waals surface area (Å²) in [5.41, 5.74) is 8.57. The molecule has 24 heavy (non-hydrogen) atoms. The maximum absolute atomic E-state index is 12.6. The van der Waals surface area contributed by atoms with Crippen molar-refractivity contribution in [1.82, 2.24) is 10.2 Å². The van der Waals surface area contributed by atoms with Crippen LogP contribution in [0.15, 0.2) is 18.2 Å². The van der Waals surface area contributed by atoms with Gasteiger partial charge in [0.2, 0.25) is 11.8 Å². The highest BCUT2D eigenvalue weighted by atomic mass is 16.2. The SMILES string of the molecule is CC(=O)N1C[C@H](NC(=O)c2ccc3c(c2)CCCC3)[C@H](C(N)=O)C1. The smallest absolute Gasteiger partial charge is 0.251 e. The highest BCUT2D eigenvalue weighted by Crippen LogP contribution is 2.23. The summed E-state index contributed by atoms with van der Waals surface area (Å²) < 4.78 is 0. The second-order valence-corrected chi connectivity index (χ2v) is 6.70. The molecule has 1 fully saturated rings. The molecule has 0 aromatic heterocycles. The topological polar surface area (TPSA) is 92.5 Å². The Morgan fingerprint density at radius 3 is 2.50 bits per heavy atom. The van der Waals surface area contributed by atoms with Gasteiger partial charge in [-0.2, -0.15) is 0 Å². The van der Waals surface area contributed by atoms with Crippen LogP contribution < -0.4 is 11.1 Å². The minimum atomic E-state index is -0.546. The molecule has 3 amide bonds. The van der Waals surface area contributed by atoms with Crippen LogP contribution >= 0.6 is 0 Å². The molecule has 6 nitrogen and oxygen atoms in total. The van der Waals surface area contributed by atoms with E-state index in [-0.39, 0.29) is 18.4 Å². The number of likely N-dealkylation sites (tertiary alicyclic amines) is 1. The van der Waals surface area contributed by atoms with Gasteiger partial charge in [0.1, 0.15) is 0 Å². The highest BCUT2D eigenvalue weighted by Gasteiger charge is 2.38. The molecule has 2 aliphatic rings. The molecule has 1 aliphatic carbocycles. The van der Waals surface area contributed by atoms with Gasteiger partial charge in [-0.3, -0.25) is 14.4 Å². The van der Waals surface area contributed by atoms with Crippen LogP contribution in [0.1, 0.15) is 41.3 Å². The molecule has 1 heterocycles. The van der Waals surface area contributed by atoms with Gasteiger partial charge in [0, 0.05) is 25.6 Å². The third kappa shape index (κ3) is 3.27. The molecular formula is C18H23N3O3. The number of primary amides is 1. The van der Waals surface area contributed by atoms with Crippen LogP contribution in [-0.4, -0.2) is 41.8 Å². The van der Waals surface area contributed by atoms with Gasteiger partial charge < -0.3 is 16.0 Å². The summed E-state index contributed by atoms with van der Waals surface area (Å²) in [5.74, 6) is -1.37. The summed E-state index contributed by atoms with van der Waals surface area (Å²) in [6.45, 7) is 2.03. The average Bonchev–Trinajstić information content (AvgIpc) is 2.98.